The molecule has 0 aromatic heterocycles. The average molecular weight is 348 g/mol. The van der Waals surface area contributed by atoms with Crippen LogP contribution in [0.5, 0.6) is 0 Å². The van der Waals surface area contributed by atoms with Gasteiger partial charge in [0.1, 0.15) is 0 Å². The first-order valence-corrected chi connectivity index (χ1v) is 9.28. The number of anilines is 1. The lowest BCUT2D eigenvalue weighted by molar-refractivity contribution is -0.126. The zero-order valence-corrected chi connectivity index (χ0v) is 13.9. The molecule has 24 heavy (non-hydrogen) atoms. The Labute approximate surface area is 139 Å². The Hall–Kier alpha value is -2.25. The molecule has 2 aromatic carbocycles. The third-order valence-electron chi connectivity index (χ3n) is 4.06. The van der Waals surface area contributed by atoms with E-state index in [1.165, 1.54) is 11.0 Å². The van der Waals surface area contributed by atoms with Gasteiger partial charge in [0.15, 0.2) is 9.84 Å². The van der Waals surface area contributed by atoms with Crippen molar-refractivity contribution in [3.8, 4) is 11.1 Å². The van der Waals surface area contributed by atoms with Gasteiger partial charge in [-0.1, -0.05) is 36.4 Å². The van der Waals surface area contributed by atoms with Crippen molar-refractivity contribution < 1.29 is 17.6 Å². The fraction of sp³-hybridized carbons (Fsp3) is 0.235. The van der Waals surface area contributed by atoms with Gasteiger partial charge in [0.2, 0.25) is 5.79 Å². The molecule has 0 radical (unpaired) electrons. The standard InChI is InChI=1S/C17H17FN2O3S/c1-24(22,23)15-11-13(20-10-9-17(18,19)16(20)21)7-8-14(15)12-5-3-2-4-6-12/h2-8,11H,9-10,19H2,1H3/t17-/m1/s1. The van der Waals surface area contributed by atoms with E-state index in [-0.39, 0.29) is 17.9 Å². The number of nitrogens with two attached hydrogens (primary N) is 1. The first-order chi connectivity index (χ1) is 11.2. The lowest BCUT2D eigenvalue weighted by Crippen LogP contribution is -2.43. The number of carbonyl (C=O) groups is 1. The van der Waals surface area contributed by atoms with Crippen LogP contribution in [0.2, 0.25) is 0 Å². The lowest BCUT2D eigenvalue weighted by atomic mass is 10.1. The SMILES string of the molecule is CS(=O)(=O)c1cc(N2CC[C@](N)(F)C2=O)ccc1-c1ccccc1. The average Bonchev–Trinajstić information content (AvgIpc) is 2.81. The van der Waals surface area contributed by atoms with Crippen molar-refractivity contribution in [1.29, 1.82) is 0 Å². The Morgan fingerprint density at radius 1 is 1.17 bits per heavy atom. The van der Waals surface area contributed by atoms with E-state index in [1.54, 1.807) is 24.3 Å². The maximum absolute atomic E-state index is 13.9. The van der Waals surface area contributed by atoms with Crippen molar-refractivity contribution in [2.45, 2.75) is 17.1 Å². The number of benzene rings is 2. The highest BCUT2D eigenvalue weighted by Crippen LogP contribution is 2.34. The molecule has 7 heteroatoms. The molecular formula is C17H17FN2O3S. The van der Waals surface area contributed by atoms with Crippen molar-refractivity contribution in [2.75, 3.05) is 17.7 Å². The molecule has 0 spiro atoms. The Bertz CT molecular complexity index is 895. The summed E-state index contributed by atoms with van der Waals surface area (Å²) in [5, 5.41) is 0. The van der Waals surface area contributed by atoms with E-state index in [1.807, 2.05) is 18.2 Å². The number of sulfone groups is 1. The van der Waals surface area contributed by atoms with Gasteiger partial charge in [-0.25, -0.2) is 12.8 Å². The summed E-state index contributed by atoms with van der Waals surface area (Å²) >= 11 is 0. The van der Waals surface area contributed by atoms with Crippen LogP contribution in [-0.2, 0) is 14.6 Å². The zero-order valence-electron chi connectivity index (χ0n) is 13.1. The maximum Gasteiger partial charge on any atom is 0.279 e. The Kier molecular flexibility index (Phi) is 3.93. The van der Waals surface area contributed by atoms with Gasteiger partial charge in [0.25, 0.3) is 5.91 Å². The minimum atomic E-state index is -3.54. The van der Waals surface area contributed by atoms with Gasteiger partial charge >= 0.3 is 0 Å². The van der Waals surface area contributed by atoms with E-state index in [0.29, 0.717) is 11.3 Å². The molecule has 126 valence electrons. The van der Waals surface area contributed by atoms with Crippen molar-refractivity contribution >= 4 is 21.4 Å². The van der Waals surface area contributed by atoms with Crippen LogP contribution >= 0.6 is 0 Å². The van der Waals surface area contributed by atoms with Crippen LogP contribution in [0.3, 0.4) is 0 Å². The third kappa shape index (κ3) is 2.92. The summed E-state index contributed by atoms with van der Waals surface area (Å²) in [6.45, 7) is 0.111. The van der Waals surface area contributed by atoms with Crippen molar-refractivity contribution in [3.63, 3.8) is 0 Å². The molecule has 0 unspecified atom stereocenters. The third-order valence-corrected chi connectivity index (χ3v) is 5.20. The topological polar surface area (TPSA) is 80.5 Å². The van der Waals surface area contributed by atoms with E-state index in [2.05, 4.69) is 0 Å². The highest BCUT2D eigenvalue weighted by molar-refractivity contribution is 7.90. The summed E-state index contributed by atoms with van der Waals surface area (Å²) < 4.78 is 38.3. The molecule has 0 aliphatic carbocycles. The maximum atomic E-state index is 13.9. The van der Waals surface area contributed by atoms with Gasteiger partial charge in [0, 0.05) is 30.5 Å². The van der Waals surface area contributed by atoms with Crippen LogP contribution in [0.4, 0.5) is 10.1 Å². The van der Waals surface area contributed by atoms with Crippen LogP contribution in [0.1, 0.15) is 6.42 Å². The van der Waals surface area contributed by atoms with E-state index >= 15 is 0 Å². The van der Waals surface area contributed by atoms with Crippen LogP contribution in [0.15, 0.2) is 53.4 Å². The second kappa shape index (κ2) is 5.68. The molecule has 1 aliphatic heterocycles. The molecule has 5 nitrogen and oxygen atoms in total. The Morgan fingerprint density at radius 3 is 2.38 bits per heavy atom. The van der Waals surface area contributed by atoms with Gasteiger partial charge in [-0.2, -0.15) is 0 Å². The summed E-state index contributed by atoms with van der Waals surface area (Å²) in [5.41, 5.74) is 6.92. The number of alkyl halides is 1. The second-order valence-corrected chi connectivity index (χ2v) is 7.87. The molecule has 2 aromatic rings. The molecule has 1 atom stereocenters. The van der Waals surface area contributed by atoms with Gasteiger partial charge in [-0.3, -0.25) is 10.5 Å². The van der Waals surface area contributed by atoms with Crippen molar-refractivity contribution in [1.82, 2.24) is 0 Å². The molecule has 1 amide bonds. The molecule has 1 heterocycles. The van der Waals surface area contributed by atoms with Crippen LogP contribution in [0.25, 0.3) is 11.1 Å². The predicted molar refractivity (Wildman–Crippen MR) is 90.0 cm³/mol. The smallest absolute Gasteiger partial charge is 0.279 e. The summed E-state index contributed by atoms with van der Waals surface area (Å²) in [6.07, 6.45) is 0.979. The highest BCUT2D eigenvalue weighted by Gasteiger charge is 2.44. The Morgan fingerprint density at radius 2 is 1.83 bits per heavy atom. The lowest BCUT2D eigenvalue weighted by Gasteiger charge is -2.19. The predicted octanol–water partition coefficient (Wildman–Crippen LogP) is 2.12. The van der Waals surface area contributed by atoms with Crippen LogP contribution < -0.4 is 10.6 Å². The molecule has 2 N–H and O–H groups in total. The molecule has 1 fully saturated rings. The molecule has 0 saturated carbocycles. The number of carbonyl (C=O) groups excluding carboxylic acids is 1. The molecular weight excluding hydrogens is 331 g/mol. The van der Waals surface area contributed by atoms with Gasteiger partial charge in [-0.05, 0) is 17.7 Å². The molecule has 3 rings (SSSR count). The normalized spacial score (nSPS) is 21.3. The number of nitrogens with zero attached hydrogens (tertiary/aromatic N) is 1. The number of rotatable bonds is 3. The van der Waals surface area contributed by atoms with E-state index in [0.717, 1.165) is 11.8 Å². The Balaban J connectivity index is 2.12. The number of amides is 1. The van der Waals surface area contributed by atoms with E-state index < -0.39 is 21.5 Å². The fourth-order valence-corrected chi connectivity index (χ4v) is 3.72. The molecule has 0 bridgehead atoms. The van der Waals surface area contributed by atoms with E-state index in [4.69, 9.17) is 5.73 Å². The second-order valence-electron chi connectivity index (χ2n) is 5.89. The number of hydrogen-bond donors (Lipinski definition) is 1. The first-order valence-electron chi connectivity index (χ1n) is 7.39. The largest absolute Gasteiger partial charge is 0.308 e. The van der Waals surface area contributed by atoms with Crippen LogP contribution in [-0.4, -0.2) is 32.9 Å². The summed E-state index contributed by atoms with van der Waals surface area (Å²) in [7, 11) is -3.54. The first kappa shape index (κ1) is 16.6. The summed E-state index contributed by atoms with van der Waals surface area (Å²) in [4.78, 5) is 13.3. The van der Waals surface area contributed by atoms with Gasteiger partial charge in [-0.15, -0.1) is 0 Å². The number of hydrogen-bond acceptors (Lipinski definition) is 4. The van der Waals surface area contributed by atoms with Crippen molar-refractivity contribution in [2.24, 2.45) is 5.73 Å². The number of halogens is 1. The summed E-state index contributed by atoms with van der Waals surface area (Å²) in [6, 6.07) is 13.7. The highest BCUT2D eigenvalue weighted by atomic mass is 32.2. The molecule has 1 saturated heterocycles. The molecule has 1 aliphatic rings. The van der Waals surface area contributed by atoms with E-state index in [9.17, 15) is 17.6 Å². The van der Waals surface area contributed by atoms with Gasteiger partial charge in [0.05, 0.1) is 4.90 Å². The summed E-state index contributed by atoms with van der Waals surface area (Å²) in [5.74, 6) is -3.25. The minimum Gasteiger partial charge on any atom is -0.308 e. The van der Waals surface area contributed by atoms with Crippen molar-refractivity contribution in [3.05, 3.63) is 48.5 Å². The fourth-order valence-electron chi connectivity index (χ4n) is 2.80. The zero-order chi connectivity index (χ0) is 17.5. The van der Waals surface area contributed by atoms with Crippen LogP contribution in [0, 0.1) is 0 Å². The minimum absolute atomic E-state index is 0.0902. The quantitative estimate of drug-likeness (QED) is 0.862. The van der Waals surface area contributed by atoms with Gasteiger partial charge < -0.3 is 4.90 Å². The monoisotopic (exact) mass is 348 g/mol.